The molecular formula is C17H24N2O. The van der Waals surface area contributed by atoms with Crippen molar-refractivity contribution in [3.05, 3.63) is 29.8 Å². The summed E-state index contributed by atoms with van der Waals surface area (Å²) in [5.74, 6) is 0.657. The van der Waals surface area contributed by atoms with Gasteiger partial charge in [0.25, 0.3) is 0 Å². The summed E-state index contributed by atoms with van der Waals surface area (Å²) in [6.45, 7) is 7.26. The van der Waals surface area contributed by atoms with E-state index in [9.17, 15) is 4.79 Å². The van der Waals surface area contributed by atoms with E-state index in [4.69, 9.17) is 0 Å². The SMILES string of the molecule is CC1(C)CCCN(C(=O)CC2CNc3ccccc32)C1. The molecule has 0 spiro atoms. The van der Waals surface area contributed by atoms with E-state index in [0.717, 1.165) is 26.1 Å². The number of rotatable bonds is 2. The Hall–Kier alpha value is -1.51. The third-order valence-electron chi connectivity index (χ3n) is 4.61. The Morgan fingerprint density at radius 3 is 3.00 bits per heavy atom. The number of piperidine rings is 1. The van der Waals surface area contributed by atoms with Crippen LogP contribution in [0.15, 0.2) is 24.3 Å². The van der Waals surface area contributed by atoms with Gasteiger partial charge in [-0.1, -0.05) is 32.0 Å². The Labute approximate surface area is 121 Å². The molecular weight excluding hydrogens is 248 g/mol. The van der Waals surface area contributed by atoms with Gasteiger partial charge in [-0.15, -0.1) is 0 Å². The Bertz CT molecular complexity index is 509. The first-order valence-electron chi connectivity index (χ1n) is 7.66. The first-order chi connectivity index (χ1) is 9.55. The standard InChI is InChI=1S/C17H24N2O/c1-17(2)8-5-9-19(12-17)16(20)10-13-11-18-15-7-4-3-6-14(13)15/h3-4,6-7,13,18H,5,8-12H2,1-2H3. The normalized spacial score (nSPS) is 24.1. The molecule has 1 N–H and O–H groups in total. The Balaban J connectivity index is 1.65. The zero-order chi connectivity index (χ0) is 14.2. The zero-order valence-corrected chi connectivity index (χ0v) is 12.5. The molecule has 1 aromatic carbocycles. The van der Waals surface area contributed by atoms with E-state index in [1.807, 2.05) is 6.07 Å². The quantitative estimate of drug-likeness (QED) is 0.896. The van der Waals surface area contributed by atoms with Crippen molar-refractivity contribution in [3.8, 4) is 0 Å². The second-order valence-corrected chi connectivity index (χ2v) is 6.95. The smallest absolute Gasteiger partial charge is 0.223 e. The molecule has 1 unspecified atom stereocenters. The van der Waals surface area contributed by atoms with Gasteiger partial charge < -0.3 is 10.2 Å². The van der Waals surface area contributed by atoms with Crippen molar-refractivity contribution in [2.24, 2.45) is 5.41 Å². The van der Waals surface area contributed by atoms with Crippen LogP contribution in [0.2, 0.25) is 0 Å². The van der Waals surface area contributed by atoms with Crippen molar-refractivity contribution in [2.45, 2.75) is 39.0 Å². The van der Waals surface area contributed by atoms with Gasteiger partial charge in [-0.05, 0) is 29.9 Å². The lowest BCUT2D eigenvalue weighted by Crippen LogP contribution is -2.44. The maximum atomic E-state index is 12.5. The molecule has 2 aliphatic heterocycles. The van der Waals surface area contributed by atoms with Crippen LogP contribution >= 0.6 is 0 Å². The number of carbonyl (C=O) groups is 1. The maximum Gasteiger partial charge on any atom is 0.223 e. The molecule has 1 amide bonds. The lowest BCUT2D eigenvalue weighted by Gasteiger charge is -2.38. The molecule has 0 aliphatic carbocycles. The lowest BCUT2D eigenvalue weighted by molar-refractivity contribution is -0.134. The fraction of sp³-hybridized carbons (Fsp3) is 0.588. The van der Waals surface area contributed by atoms with Crippen LogP contribution in [-0.2, 0) is 4.79 Å². The van der Waals surface area contributed by atoms with E-state index in [2.05, 4.69) is 42.3 Å². The van der Waals surface area contributed by atoms with E-state index in [-0.39, 0.29) is 5.41 Å². The predicted molar refractivity (Wildman–Crippen MR) is 81.9 cm³/mol. The summed E-state index contributed by atoms with van der Waals surface area (Å²) in [6.07, 6.45) is 3.00. The van der Waals surface area contributed by atoms with Crippen LogP contribution in [0.1, 0.15) is 44.6 Å². The minimum atomic E-state index is 0.278. The average molecular weight is 272 g/mol. The minimum Gasteiger partial charge on any atom is -0.384 e. The molecule has 0 radical (unpaired) electrons. The lowest BCUT2D eigenvalue weighted by atomic mass is 9.84. The number of carbonyl (C=O) groups excluding carboxylic acids is 1. The van der Waals surface area contributed by atoms with Gasteiger partial charge in [-0.3, -0.25) is 4.79 Å². The monoisotopic (exact) mass is 272 g/mol. The molecule has 3 rings (SSSR count). The fourth-order valence-electron chi connectivity index (χ4n) is 3.52. The van der Waals surface area contributed by atoms with Gasteiger partial charge in [0, 0.05) is 37.7 Å². The van der Waals surface area contributed by atoms with Crippen molar-refractivity contribution in [2.75, 3.05) is 25.0 Å². The number of anilines is 1. The van der Waals surface area contributed by atoms with Crippen LogP contribution in [-0.4, -0.2) is 30.4 Å². The average Bonchev–Trinajstić information content (AvgIpc) is 2.81. The number of hydrogen-bond donors (Lipinski definition) is 1. The Kier molecular flexibility index (Phi) is 3.45. The van der Waals surface area contributed by atoms with Crippen LogP contribution in [0.3, 0.4) is 0 Å². The first kappa shape index (κ1) is 13.5. The van der Waals surface area contributed by atoms with Crippen LogP contribution in [0.4, 0.5) is 5.69 Å². The van der Waals surface area contributed by atoms with Crippen LogP contribution in [0.25, 0.3) is 0 Å². The molecule has 1 fully saturated rings. The number of amides is 1. The van der Waals surface area contributed by atoms with Crippen molar-refractivity contribution in [1.29, 1.82) is 0 Å². The van der Waals surface area contributed by atoms with Crippen molar-refractivity contribution in [1.82, 2.24) is 4.90 Å². The molecule has 0 aromatic heterocycles. The van der Waals surface area contributed by atoms with Gasteiger partial charge in [0.15, 0.2) is 0 Å². The molecule has 3 nitrogen and oxygen atoms in total. The van der Waals surface area contributed by atoms with Crippen molar-refractivity contribution < 1.29 is 4.79 Å². The topological polar surface area (TPSA) is 32.3 Å². The molecule has 20 heavy (non-hydrogen) atoms. The second-order valence-electron chi connectivity index (χ2n) is 6.95. The molecule has 0 bridgehead atoms. The van der Waals surface area contributed by atoms with Crippen molar-refractivity contribution >= 4 is 11.6 Å². The van der Waals surface area contributed by atoms with Gasteiger partial charge >= 0.3 is 0 Å². The summed E-state index contributed by atoms with van der Waals surface area (Å²) in [5.41, 5.74) is 2.78. The zero-order valence-electron chi connectivity index (χ0n) is 12.5. The van der Waals surface area contributed by atoms with Crippen molar-refractivity contribution in [3.63, 3.8) is 0 Å². The van der Waals surface area contributed by atoms with Crippen LogP contribution in [0, 0.1) is 5.41 Å². The molecule has 0 saturated carbocycles. The summed E-state index contributed by atoms with van der Waals surface area (Å²) >= 11 is 0. The van der Waals surface area contributed by atoms with E-state index < -0.39 is 0 Å². The van der Waals surface area contributed by atoms with E-state index in [1.165, 1.54) is 17.7 Å². The molecule has 1 atom stereocenters. The number of nitrogens with zero attached hydrogens (tertiary/aromatic N) is 1. The summed E-state index contributed by atoms with van der Waals surface area (Å²) in [6, 6.07) is 8.35. The van der Waals surface area contributed by atoms with E-state index in [0.29, 0.717) is 18.2 Å². The van der Waals surface area contributed by atoms with E-state index in [1.54, 1.807) is 0 Å². The first-order valence-corrected chi connectivity index (χ1v) is 7.66. The Morgan fingerprint density at radius 1 is 1.40 bits per heavy atom. The highest BCUT2D eigenvalue weighted by Crippen LogP contribution is 2.35. The molecule has 3 heteroatoms. The van der Waals surface area contributed by atoms with E-state index >= 15 is 0 Å². The largest absolute Gasteiger partial charge is 0.384 e. The molecule has 108 valence electrons. The summed E-state index contributed by atoms with van der Waals surface area (Å²) in [5, 5.41) is 3.40. The second kappa shape index (κ2) is 5.12. The predicted octanol–water partition coefficient (Wildman–Crippen LogP) is 3.23. The summed E-state index contributed by atoms with van der Waals surface area (Å²) in [7, 11) is 0. The third-order valence-corrected chi connectivity index (χ3v) is 4.61. The highest BCUT2D eigenvalue weighted by molar-refractivity contribution is 5.78. The molecule has 2 heterocycles. The molecule has 2 aliphatic rings. The highest BCUT2D eigenvalue weighted by atomic mass is 16.2. The van der Waals surface area contributed by atoms with Gasteiger partial charge in [0.05, 0.1) is 0 Å². The number of fused-ring (bicyclic) bond motifs is 1. The van der Waals surface area contributed by atoms with Gasteiger partial charge in [-0.25, -0.2) is 0 Å². The number of hydrogen-bond acceptors (Lipinski definition) is 2. The molecule has 1 saturated heterocycles. The highest BCUT2D eigenvalue weighted by Gasteiger charge is 2.31. The minimum absolute atomic E-state index is 0.278. The van der Waals surface area contributed by atoms with Crippen LogP contribution in [0.5, 0.6) is 0 Å². The summed E-state index contributed by atoms with van der Waals surface area (Å²) < 4.78 is 0. The summed E-state index contributed by atoms with van der Waals surface area (Å²) in [4.78, 5) is 14.6. The van der Waals surface area contributed by atoms with Gasteiger partial charge in [-0.2, -0.15) is 0 Å². The number of nitrogens with one attached hydrogen (secondary N) is 1. The third kappa shape index (κ3) is 2.67. The Morgan fingerprint density at radius 2 is 2.20 bits per heavy atom. The maximum absolute atomic E-state index is 12.5. The number of likely N-dealkylation sites (tertiary alicyclic amines) is 1. The van der Waals surface area contributed by atoms with Gasteiger partial charge in [0.2, 0.25) is 5.91 Å². The van der Waals surface area contributed by atoms with Crippen LogP contribution < -0.4 is 5.32 Å². The number of benzene rings is 1. The number of para-hydroxylation sites is 1. The fourth-order valence-corrected chi connectivity index (χ4v) is 3.52. The molecule has 1 aromatic rings. The van der Waals surface area contributed by atoms with Gasteiger partial charge in [0.1, 0.15) is 0 Å².